The number of carbonyl (C=O) groups excluding carboxylic acids is 3. The van der Waals surface area contributed by atoms with Gasteiger partial charge in [0.25, 0.3) is 0 Å². The standard InChI is InChI=1S/C30H39N7O3S/c1-28(2,3)24(36-27-35-20(13-41-27)19-12-32-8-9-33-19)26(40)37-15-30(14-29(30,4)5)11-21(37)25(39)34-18-10-16-6-7-17(16)22(31)23(18)38/h8-9,12-13,16,18,21,24H,6-7,10-11,14-15,31H2,1-5H3,(H,34,39)(H,35,36)/t16?,18?,21-,24+,30+/m0/s1. The number of carbonyl (C=O) groups is 3. The highest BCUT2D eigenvalue weighted by Crippen LogP contribution is 2.69. The summed E-state index contributed by atoms with van der Waals surface area (Å²) in [6, 6.07) is -1.91. The van der Waals surface area contributed by atoms with Crippen LogP contribution in [0.25, 0.3) is 11.4 Å². The first-order valence-corrected chi connectivity index (χ1v) is 15.3. The number of nitrogens with two attached hydrogens (primary N) is 1. The number of thiazole rings is 1. The summed E-state index contributed by atoms with van der Waals surface area (Å²) in [4.78, 5) is 56.1. The lowest BCUT2D eigenvalue weighted by molar-refractivity contribution is -0.141. The molecule has 1 spiro atoms. The molecule has 3 heterocycles. The number of nitrogens with one attached hydrogen (secondary N) is 2. The molecular formula is C30H39N7O3S. The van der Waals surface area contributed by atoms with Gasteiger partial charge < -0.3 is 21.3 Å². The fourth-order valence-electron chi connectivity index (χ4n) is 6.93. The van der Waals surface area contributed by atoms with Crippen LogP contribution in [0, 0.1) is 22.2 Å². The quantitative estimate of drug-likeness (QED) is 0.473. The minimum Gasteiger partial charge on any atom is -0.396 e. The second-order valence-corrected chi connectivity index (χ2v) is 14.8. The fourth-order valence-corrected chi connectivity index (χ4v) is 7.67. The van der Waals surface area contributed by atoms with Crippen molar-refractivity contribution in [3.05, 3.63) is 35.2 Å². The number of anilines is 1. The van der Waals surface area contributed by atoms with Gasteiger partial charge in [-0.1, -0.05) is 34.6 Å². The van der Waals surface area contributed by atoms with E-state index in [1.165, 1.54) is 11.3 Å². The van der Waals surface area contributed by atoms with Crippen LogP contribution < -0.4 is 16.4 Å². The molecule has 0 aromatic carbocycles. The summed E-state index contributed by atoms with van der Waals surface area (Å²) in [6.07, 6.45) is 8.88. The Labute approximate surface area is 244 Å². The first-order valence-electron chi connectivity index (χ1n) is 14.4. The number of likely N-dealkylation sites (tertiary alicyclic amines) is 1. The van der Waals surface area contributed by atoms with Crippen LogP contribution in [0.15, 0.2) is 35.2 Å². The molecule has 5 atom stereocenters. The number of rotatable bonds is 6. The molecule has 6 rings (SSSR count). The summed E-state index contributed by atoms with van der Waals surface area (Å²) in [7, 11) is 0. The van der Waals surface area contributed by atoms with E-state index in [2.05, 4.69) is 39.4 Å². The first-order chi connectivity index (χ1) is 19.3. The third kappa shape index (κ3) is 4.81. The molecule has 2 saturated carbocycles. The van der Waals surface area contributed by atoms with Gasteiger partial charge in [0.2, 0.25) is 17.6 Å². The van der Waals surface area contributed by atoms with Crippen LogP contribution in [-0.4, -0.2) is 62.1 Å². The van der Waals surface area contributed by atoms with Crippen molar-refractivity contribution in [1.82, 2.24) is 25.2 Å². The smallest absolute Gasteiger partial charge is 0.246 e. The molecule has 1 saturated heterocycles. The summed E-state index contributed by atoms with van der Waals surface area (Å²) < 4.78 is 0. The number of fused-ring (bicyclic) bond motifs is 1. The molecule has 0 radical (unpaired) electrons. The van der Waals surface area contributed by atoms with E-state index in [-0.39, 0.29) is 34.3 Å². The zero-order chi connectivity index (χ0) is 29.3. The van der Waals surface area contributed by atoms with Gasteiger partial charge in [-0.2, -0.15) is 0 Å². The highest BCUT2D eigenvalue weighted by molar-refractivity contribution is 7.14. The highest BCUT2D eigenvalue weighted by atomic mass is 32.1. The van der Waals surface area contributed by atoms with Crippen LogP contribution in [0.4, 0.5) is 5.13 Å². The van der Waals surface area contributed by atoms with Gasteiger partial charge in [0.05, 0.1) is 17.9 Å². The van der Waals surface area contributed by atoms with Gasteiger partial charge in [0.1, 0.15) is 23.5 Å². The zero-order valence-electron chi connectivity index (χ0n) is 24.4. The maximum atomic E-state index is 14.4. The van der Waals surface area contributed by atoms with E-state index in [0.717, 1.165) is 24.8 Å². The minimum atomic E-state index is -0.650. The minimum absolute atomic E-state index is 0.0425. The number of ketones is 1. The molecule has 3 aliphatic carbocycles. The van der Waals surface area contributed by atoms with Gasteiger partial charge in [-0.05, 0) is 59.8 Å². The predicted octanol–water partition coefficient (Wildman–Crippen LogP) is 3.52. The highest BCUT2D eigenvalue weighted by Gasteiger charge is 2.67. The van der Waals surface area contributed by atoms with Crippen molar-refractivity contribution in [2.75, 3.05) is 11.9 Å². The van der Waals surface area contributed by atoms with Crippen molar-refractivity contribution in [2.24, 2.45) is 27.9 Å². The average molecular weight is 578 g/mol. The monoisotopic (exact) mass is 577 g/mol. The Balaban J connectivity index is 1.24. The molecule has 10 nitrogen and oxygen atoms in total. The Morgan fingerprint density at radius 2 is 1.98 bits per heavy atom. The number of hydrogen-bond donors (Lipinski definition) is 3. The number of aromatic nitrogens is 3. The molecule has 2 unspecified atom stereocenters. The fraction of sp³-hybridized carbons (Fsp3) is 0.600. The van der Waals surface area contributed by atoms with E-state index in [1.807, 2.05) is 26.2 Å². The Morgan fingerprint density at radius 3 is 2.59 bits per heavy atom. The summed E-state index contributed by atoms with van der Waals surface area (Å²) in [6.45, 7) is 10.9. The summed E-state index contributed by atoms with van der Waals surface area (Å²) in [5.41, 5.74) is 8.31. The van der Waals surface area contributed by atoms with Gasteiger partial charge >= 0.3 is 0 Å². The third-order valence-electron chi connectivity index (χ3n) is 9.84. The molecule has 218 valence electrons. The molecule has 0 bridgehead atoms. The van der Waals surface area contributed by atoms with Crippen molar-refractivity contribution in [3.8, 4) is 11.4 Å². The maximum absolute atomic E-state index is 14.4. The van der Waals surface area contributed by atoms with Crippen LogP contribution in [0.3, 0.4) is 0 Å². The number of hydrogen-bond acceptors (Lipinski definition) is 9. The lowest BCUT2D eigenvalue weighted by Crippen LogP contribution is -2.57. The van der Waals surface area contributed by atoms with E-state index in [0.29, 0.717) is 41.6 Å². The molecule has 11 heteroatoms. The second kappa shape index (κ2) is 9.61. The van der Waals surface area contributed by atoms with Crippen molar-refractivity contribution < 1.29 is 14.4 Å². The molecule has 4 N–H and O–H groups in total. The van der Waals surface area contributed by atoms with Gasteiger partial charge in [-0.25, -0.2) is 4.98 Å². The third-order valence-corrected chi connectivity index (χ3v) is 10.6. The molecule has 1 aliphatic heterocycles. The Hall–Kier alpha value is -3.34. The van der Waals surface area contributed by atoms with E-state index < -0.39 is 23.5 Å². The van der Waals surface area contributed by atoms with Crippen LogP contribution in [-0.2, 0) is 14.4 Å². The molecule has 2 amide bonds. The number of amides is 2. The zero-order valence-corrected chi connectivity index (χ0v) is 25.2. The lowest BCUT2D eigenvalue weighted by Gasteiger charge is -2.39. The van der Waals surface area contributed by atoms with Crippen molar-refractivity contribution in [3.63, 3.8) is 0 Å². The molecular weight excluding hydrogens is 538 g/mol. The van der Waals surface area contributed by atoms with Crippen molar-refractivity contribution in [2.45, 2.75) is 84.8 Å². The van der Waals surface area contributed by atoms with Crippen LogP contribution in [0.5, 0.6) is 0 Å². The molecule has 2 aromatic rings. The first kappa shape index (κ1) is 27.8. The van der Waals surface area contributed by atoms with Gasteiger partial charge in [0, 0.05) is 24.3 Å². The topological polar surface area (TPSA) is 143 Å². The lowest BCUT2D eigenvalue weighted by atomic mass is 9.69. The Bertz CT molecular complexity index is 1430. The van der Waals surface area contributed by atoms with Crippen LogP contribution in [0.1, 0.15) is 66.7 Å². The van der Waals surface area contributed by atoms with Crippen LogP contribution >= 0.6 is 11.3 Å². The summed E-state index contributed by atoms with van der Waals surface area (Å²) in [5.74, 6) is -0.325. The molecule has 41 heavy (non-hydrogen) atoms. The molecule has 2 aromatic heterocycles. The van der Waals surface area contributed by atoms with E-state index in [9.17, 15) is 14.4 Å². The van der Waals surface area contributed by atoms with Crippen LogP contribution in [0.2, 0.25) is 0 Å². The van der Waals surface area contributed by atoms with Crippen molar-refractivity contribution in [1.29, 1.82) is 0 Å². The molecule has 4 aliphatic rings. The number of Topliss-reactive ketones (excluding diaryl/α,β-unsaturated/α-hetero) is 1. The van der Waals surface area contributed by atoms with Gasteiger partial charge in [-0.3, -0.25) is 24.4 Å². The normalized spacial score (nSPS) is 29.1. The largest absolute Gasteiger partial charge is 0.396 e. The van der Waals surface area contributed by atoms with E-state index in [1.54, 1.807) is 23.5 Å². The van der Waals surface area contributed by atoms with E-state index >= 15 is 0 Å². The van der Waals surface area contributed by atoms with E-state index in [4.69, 9.17) is 5.73 Å². The number of allylic oxidation sites excluding steroid dienone is 1. The maximum Gasteiger partial charge on any atom is 0.246 e. The van der Waals surface area contributed by atoms with Crippen molar-refractivity contribution >= 4 is 34.1 Å². The summed E-state index contributed by atoms with van der Waals surface area (Å²) in [5, 5.41) is 8.89. The predicted molar refractivity (Wildman–Crippen MR) is 156 cm³/mol. The van der Waals surface area contributed by atoms with Gasteiger partial charge in [0.15, 0.2) is 5.13 Å². The Morgan fingerprint density at radius 1 is 1.22 bits per heavy atom. The Kier molecular flexibility index (Phi) is 6.52. The second-order valence-electron chi connectivity index (χ2n) is 13.9. The number of nitrogens with zero attached hydrogens (tertiary/aromatic N) is 4. The van der Waals surface area contributed by atoms with Gasteiger partial charge in [-0.15, -0.1) is 11.3 Å². The molecule has 3 fully saturated rings. The average Bonchev–Trinajstić information content (AvgIpc) is 3.26. The SMILES string of the molecule is CC(C)(C)[C@H](Nc1nc(-c2cnccn2)cs1)C(=O)N1C[C@@]2(C[C@H]1C(=O)NC1CC3CCC3=C(N)C1=O)CC2(C)C. The summed E-state index contributed by atoms with van der Waals surface area (Å²) >= 11 is 1.40.